The predicted molar refractivity (Wildman–Crippen MR) is 129 cm³/mol. The van der Waals surface area contributed by atoms with Gasteiger partial charge in [-0.05, 0) is 56.2 Å². The van der Waals surface area contributed by atoms with Crippen LogP contribution in [-0.4, -0.2) is 50.5 Å². The topological polar surface area (TPSA) is 86.8 Å². The van der Waals surface area contributed by atoms with Crippen molar-refractivity contribution in [3.63, 3.8) is 0 Å². The number of nitrogens with zero attached hydrogens (tertiary/aromatic N) is 2. The van der Waals surface area contributed by atoms with Crippen molar-refractivity contribution in [2.75, 3.05) is 23.7 Å². The summed E-state index contributed by atoms with van der Waals surface area (Å²) in [6.07, 6.45) is 1.02. The molecular formula is C22H27Cl2N3O4S. The lowest BCUT2D eigenvalue weighted by Gasteiger charge is -2.32. The lowest BCUT2D eigenvalue weighted by Crippen LogP contribution is -2.51. The Kier molecular flexibility index (Phi) is 8.95. The van der Waals surface area contributed by atoms with Crippen LogP contribution in [0, 0.1) is 6.92 Å². The van der Waals surface area contributed by atoms with E-state index in [0.29, 0.717) is 33.4 Å². The zero-order chi connectivity index (χ0) is 24.1. The summed E-state index contributed by atoms with van der Waals surface area (Å²) in [5.74, 6) is -0.874. The van der Waals surface area contributed by atoms with Crippen LogP contribution in [0.5, 0.6) is 0 Å². The number of nitrogens with one attached hydrogen (secondary N) is 1. The standard InChI is InChI=1S/C22H27Cl2N3O4S/c1-5-25-22(29)16(3)26(13-17-8-6-9-18(23)12-17)21(28)14-27(32(4,30)31)20-11-7-10-19(24)15(20)2/h6-12,16H,5,13-14H2,1-4H3,(H,25,29)/t16-/m0/s1. The third-order valence-electron chi connectivity index (χ3n) is 4.95. The normalized spacial score (nSPS) is 12.2. The van der Waals surface area contributed by atoms with Gasteiger partial charge >= 0.3 is 0 Å². The number of sulfonamides is 1. The van der Waals surface area contributed by atoms with Crippen molar-refractivity contribution in [3.05, 3.63) is 63.6 Å². The minimum absolute atomic E-state index is 0.0871. The Hall–Kier alpha value is -2.29. The first-order valence-electron chi connectivity index (χ1n) is 10.00. The van der Waals surface area contributed by atoms with Crippen LogP contribution < -0.4 is 9.62 Å². The monoisotopic (exact) mass is 499 g/mol. The Morgan fingerprint density at radius 2 is 1.78 bits per heavy atom. The second kappa shape index (κ2) is 11.0. The molecule has 2 aromatic carbocycles. The smallest absolute Gasteiger partial charge is 0.244 e. The maximum Gasteiger partial charge on any atom is 0.244 e. The molecule has 0 heterocycles. The maximum absolute atomic E-state index is 13.4. The number of benzene rings is 2. The first-order chi connectivity index (χ1) is 15.0. The molecule has 1 N–H and O–H groups in total. The van der Waals surface area contributed by atoms with Crippen LogP contribution in [0.3, 0.4) is 0 Å². The van der Waals surface area contributed by atoms with Gasteiger partial charge in [-0.25, -0.2) is 8.42 Å². The molecule has 0 bridgehead atoms. The molecule has 0 aliphatic heterocycles. The van der Waals surface area contributed by atoms with Gasteiger partial charge in [-0.1, -0.05) is 41.4 Å². The fourth-order valence-corrected chi connectivity index (χ4v) is 4.48. The average molecular weight is 500 g/mol. The molecule has 0 aliphatic carbocycles. The van der Waals surface area contributed by atoms with Crippen molar-refractivity contribution in [3.8, 4) is 0 Å². The summed E-state index contributed by atoms with van der Waals surface area (Å²) < 4.78 is 26.2. The summed E-state index contributed by atoms with van der Waals surface area (Å²) >= 11 is 12.2. The van der Waals surface area contributed by atoms with Gasteiger partial charge in [0.15, 0.2) is 0 Å². The molecule has 2 aromatic rings. The van der Waals surface area contributed by atoms with Crippen LogP contribution in [0.2, 0.25) is 10.0 Å². The van der Waals surface area contributed by atoms with E-state index in [9.17, 15) is 18.0 Å². The van der Waals surface area contributed by atoms with Crippen LogP contribution >= 0.6 is 23.2 Å². The summed E-state index contributed by atoms with van der Waals surface area (Å²) in [5.41, 5.74) is 1.55. The molecule has 0 unspecified atom stereocenters. The van der Waals surface area contributed by atoms with Gasteiger partial charge in [0, 0.05) is 23.1 Å². The highest BCUT2D eigenvalue weighted by molar-refractivity contribution is 7.92. The number of carbonyl (C=O) groups excluding carboxylic acids is 2. The van der Waals surface area contributed by atoms with E-state index in [2.05, 4.69) is 5.32 Å². The summed E-state index contributed by atoms with van der Waals surface area (Å²) in [5, 5.41) is 3.58. The summed E-state index contributed by atoms with van der Waals surface area (Å²) in [4.78, 5) is 27.2. The Morgan fingerprint density at radius 1 is 1.12 bits per heavy atom. The van der Waals surface area contributed by atoms with Crippen LogP contribution in [-0.2, 0) is 26.2 Å². The number of halogens is 2. The molecule has 7 nitrogen and oxygen atoms in total. The lowest BCUT2D eigenvalue weighted by molar-refractivity contribution is -0.139. The molecule has 2 amide bonds. The number of anilines is 1. The highest BCUT2D eigenvalue weighted by Gasteiger charge is 2.30. The van der Waals surface area contributed by atoms with E-state index in [1.54, 1.807) is 63.2 Å². The van der Waals surface area contributed by atoms with E-state index >= 15 is 0 Å². The highest BCUT2D eigenvalue weighted by atomic mass is 35.5. The number of likely N-dealkylation sites (N-methyl/N-ethyl adjacent to an activating group) is 1. The van der Waals surface area contributed by atoms with Crippen LogP contribution in [0.25, 0.3) is 0 Å². The van der Waals surface area contributed by atoms with Gasteiger partial charge in [0.1, 0.15) is 12.6 Å². The predicted octanol–water partition coefficient (Wildman–Crippen LogP) is 3.62. The summed E-state index contributed by atoms with van der Waals surface area (Å²) in [6.45, 7) is 5.07. The Bertz CT molecular complexity index is 1090. The average Bonchev–Trinajstić information content (AvgIpc) is 2.71. The number of rotatable bonds is 9. The molecule has 0 spiro atoms. The molecule has 0 fully saturated rings. The van der Waals surface area contributed by atoms with Crippen molar-refractivity contribution >= 4 is 50.7 Å². The van der Waals surface area contributed by atoms with Crippen molar-refractivity contribution in [1.82, 2.24) is 10.2 Å². The number of hydrogen-bond donors (Lipinski definition) is 1. The van der Waals surface area contributed by atoms with Crippen LogP contribution in [0.1, 0.15) is 25.0 Å². The Morgan fingerprint density at radius 3 is 2.38 bits per heavy atom. The maximum atomic E-state index is 13.4. The minimum atomic E-state index is -3.82. The van der Waals surface area contributed by atoms with Gasteiger partial charge in [-0.15, -0.1) is 0 Å². The number of carbonyl (C=O) groups is 2. The molecule has 174 valence electrons. The van der Waals surface area contributed by atoms with Crippen LogP contribution in [0.15, 0.2) is 42.5 Å². The van der Waals surface area contributed by atoms with Gasteiger partial charge in [0.25, 0.3) is 0 Å². The second-order valence-corrected chi connectivity index (χ2v) is 10.1. The molecule has 10 heteroatoms. The first kappa shape index (κ1) is 26.0. The van der Waals surface area contributed by atoms with Crippen molar-refractivity contribution < 1.29 is 18.0 Å². The molecule has 0 aliphatic rings. The SMILES string of the molecule is CCNC(=O)[C@H](C)N(Cc1cccc(Cl)c1)C(=O)CN(c1cccc(Cl)c1C)S(C)(=O)=O. The number of hydrogen-bond acceptors (Lipinski definition) is 4. The molecule has 2 rings (SSSR count). The zero-order valence-corrected chi connectivity index (χ0v) is 20.8. The fourth-order valence-electron chi connectivity index (χ4n) is 3.20. The minimum Gasteiger partial charge on any atom is -0.355 e. The summed E-state index contributed by atoms with van der Waals surface area (Å²) in [6, 6.07) is 11.0. The Balaban J connectivity index is 2.43. The largest absolute Gasteiger partial charge is 0.355 e. The van der Waals surface area contributed by atoms with E-state index in [1.165, 1.54) is 4.90 Å². The van der Waals surface area contributed by atoms with Crippen molar-refractivity contribution in [2.24, 2.45) is 0 Å². The number of amides is 2. The van der Waals surface area contributed by atoms with Gasteiger partial charge in [-0.3, -0.25) is 13.9 Å². The van der Waals surface area contributed by atoms with Gasteiger partial charge in [0.05, 0.1) is 11.9 Å². The molecular weight excluding hydrogens is 473 g/mol. The van der Waals surface area contributed by atoms with E-state index in [-0.39, 0.29) is 12.5 Å². The fraction of sp³-hybridized carbons (Fsp3) is 0.364. The Labute approximate surface area is 199 Å². The molecule has 32 heavy (non-hydrogen) atoms. The molecule has 0 saturated heterocycles. The van der Waals surface area contributed by atoms with E-state index < -0.39 is 28.5 Å². The van der Waals surface area contributed by atoms with E-state index in [4.69, 9.17) is 23.2 Å². The van der Waals surface area contributed by atoms with Gasteiger partial charge < -0.3 is 10.2 Å². The molecule has 1 atom stereocenters. The van der Waals surface area contributed by atoms with Crippen LogP contribution in [0.4, 0.5) is 5.69 Å². The van der Waals surface area contributed by atoms with Gasteiger partial charge in [0.2, 0.25) is 21.8 Å². The second-order valence-electron chi connectivity index (χ2n) is 7.38. The van der Waals surface area contributed by atoms with E-state index in [1.807, 2.05) is 0 Å². The lowest BCUT2D eigenvalue weighted by atomic mass is 10.1. The first-order valence-corrected chi connectivity index (χ1v) is 12.6. The third-order valence-corrected chi connectivity index (χ3v) is 6.72. The summed E-state index contributed by atoms with van der Waals surface area (Å²) in [7, 11) is -3.82. The highest BCUT2D eigenvalue weighted by Crippen LogP contribution is 2.28. The molecule has 0 radical (unpaired) electrons. The molecule has 0 saturated carbocycles. The van der Waals surface area contributed by atoms with Crippen molar-refractivity contribution in [2.45, 2.75) is 33.4 Å². The molecule has 0 aromatic heterocycles. The third kappa shape index (κ3) is 6.60. The quantitative estimate of drug-likeness (QED) is 0.570. The van der Waals surface area contributed by atoms with Crippen molar-refractivity contribution in [1.29, 1.82) is 0 Å². The van der Waals surface area contributed by atoms with E-state index in [0.717, 1.165) is 10.6 Å². The zero-order valence-electron chi connectivity index (χ0n) is 18.4. The van der Waals surface area contributed by atoms with Gasteiger partial charge in [-0.2, -0.15) is 0 Å².